The summed E-state index contributed by atoms with van der Waals surface area (Å²) >= 11 is 0. The van der Waals surface area contributed by atoms with E-state index in [9.17, 15) is 4.79 Å². The third-order valence-corrected chi connectivity index (χ3v) is 4.09. The van der Waals surface area contributed by atoms with Crippen molar-refractivity contribution in [1.29, 1.82) is 0 Å². The van der Waals surface area contributed by atoms with Crippen molar-refractivity contribution in [2.75, 3.05) is 6.54 Å². The van der Waals surface area contributed by atoms with Crippen LogP contribution in [0.3, 0.4) is 0 Å². The lowest BCUT2D eigenvalue weighted by Crippen LogP contribution is -2.31. The largest absolute Gasteiger partial charge is 0.356 e. The van der Waals surface area contributed by atoms with Crippen LogP contribution in [0.15, 0.2) is 30.3 Å². The van der Waals surface area contributed by atoms with E-state index < -0.39 is 0 Å². The molecule has 0 aliphatic heterocycles. The van der Waals surface area contributed by atoms with E-state index in [2.05, 4.69) is 36.5 Å². The Morgan fingerprint density at radius 3 is 2.74 bits per heavy atom. The highest BCUT2D eigenvalue weighted by molar-refractivity contribution is 5.78. The maximum absolute atomic E-state index is 11.9. The van der Waals surface area contributed by atoms with E-state index in [-0.39, 0.29) is 17.9 Å². The van der Waals surface area contributed by atoms with Crippen LogP contribution in [0.1, 0.15) is 44.1 Å². The molecule has 0 bridgehead atoms. The number of hydrogen-bond donors (Lipinski definition) is 2. The van der Waals surface area contributed by atoms with Crippen LogP contribution in [0.5, 0.6) is 0 Å². The first-order valence-corrected chi connectivity index (χ1v) is 7.25. The molecule has 1 aliphatic rings. The van der Waals surface area contributed by atoms with Crippen molar-refractivity contribution in [3.63, 3.8) is 0 Å². The second-order valence-corrected chi connectivity index (χ2v) is 5.66. The molecule has 3 nitrogen and oxygen atoms in total. The van der Waals surface area contributed by atoms with Crippen molar-refractivity contribution in [3.05, 3.63) is 35.9 Å². The Bertz CT molecular complexity index is 404. The lowest BCUT2D eigenvalue weighted by atomic mass is 9.98. The van der Waals surface area contributed by atoms with Crippen LogP contribution in [0.25, 0.3) is 0 Å². The second-order valence-electron chi connectivity index (χ2n) is 5.66. The van der Waals surface area contributed by atoms with Gasteiger partial charge < -0.3 is 11.1 Å². The van der Waals surface area contributed by atoms with Crippen LogP contribution in [0.2, 0.25) is 0 Å². The first-order chi connectivity index (χ1) is 9.16. The van der Waals surface area contributed by atoms with Crippen molar-refractivity contribution in [3.8, 4) is 0 Å². The number of hydrogen-bond acceptors (Lipinski definition) is 2. The van der Waals surface area contributed by atoms with Gasteiger partial charge in [-0.15, -0.1) is 0 Å². The van der Waals surface area contributed by atoms with Gasteiger partial charge in [-0.05, 0) is 37.2 Å². The fraction of sp³-hybridized carbons (Fsp3) is 0.562. The van der Waals surface area contributed by atoms with Crippen molar-refractivity contribution >= 4 is 5.91 Å². The number of nitrogens with two attached hydrogens (primary N) is 1. The number of nitrogens with one attached hydrogen (secondary N) is 1. The highest BCUT2D eigenvalue weighted by atomic mass is 16.1. The first-order valence-electron chi connectivity index (χ1n) is 7.25. The Balaban J connectivity index is 1.70. The number of benzene rings is 1. The minimum absolute atomic E-state index is 0.141. The summed E-state index contributed by atoms with van der Waals surface area (Å²) in [5.74, 6) is 0.808. The van der Waals surface area contributed by atoms with Gasteiger partial charge in [0, 0.05) is 18.5 Å². The molecule has 0 saturated heterocycles. The molecule has 1 aromatic carbocycles. The molecular weight excluding hydrogens is 236 g/mol. The Morgan fingerprint density at radius 1 is 1.37 bits per heavy atom. The van der Waals surface area contributed by atoms with Gasteiger partial charge in [0.1, 0.15) is 0 Å². The molecule has 3 heteroatoms. The molecule has 1 fully saturated rings. The lowest BCUT2D eigenvalue weighted by Gasteiger charge is -2.14. The van der Waals surface area contributed by atoms with Crippen LogP contribution in [-0.4, -0.2) is 18.5 Å². The minimum Gasteiger partial charge on any atom is -0.356 e. The molecule has 1 amide bonds. The van der Waals surface area contributed by atoms with Crippen LogP contribution in [0, 0.1) is 5.92 Å². The van der Waals surface area contributed by atoms with Gasteiger partial charge in [0.25, 0.3) is 0 Å². The normalized spacial score (nSPS) is 24.1. The fourth-order valence-corrected chi connectivity index (χ4v) is 2.76. The summed E-state index contributed by atoms with van der Waals surface area (Å²) in [6, 6.07) is 10.7. The summed E-state index contributed by atoms with van der Waals surface area (Å²) in [5.41, 5.74) is 7.17. The van der Waals surface area contributed by atoms with E-state index in [0.29, 0.717) is 5.92 Å². The molecule has 0 aromatic heterocycles. The van der Waals surface area contributed by atoms with Gasteiger partial charge in [-0.3, -0.25) is 4.79 Å². The van der Waals surface area contributed by atoms with E-state index >= 15 is 0 Å². The predicted molar refractivity (Wildman–Crippen MR) is 77.8 cm³/mol. The zero-order valence-corrected chi connectivity index (χ0v) is 11.6. The molecule has 3 unspecified atom stereocenters. The van der Waals surface area contributed by atoms with E-state index in [1.54, 1.807) is 0 Å². The Labute approximate surface area is 115 Å². The smallest absolute Gasteiger partial charge is 0.223 e. The molecule has 1 saturated carbocycles. The number of rotatable bonds is 5. The zero-order valence-electron chi connectivity index (χ0n) is 11.6. The molecule has 1 aliphatic carbocycles. The summed E-state index contributed by atoms with van der Waals surface area (Å²) in [6.45, 7) is 2.95. The molecule has 2 rings (SSSR count). The molecule has 0 spiro atoms. The first kappa shape index (κ1) is 14.1. The Kier molecular flexibility index (Phi) is 4.97. The predicted octanol–water partition coefficient (Wildman–Crippen LogP) is 2.42. The average molecular weight is 260 g/mol. The van der Waals surface area contributed by atoms with Gasteiger partial charge in [0.05, 0.1) is 0 Å². The molecule has 1 aromatic rings. The minimum atomic E-state index is 0.141. The van der Waals surface area contributed by atoms with Crippen LogP contribution < -0.4 is 11.1 Å². The van der Waals surface area contributed by atoms with Crippen molar-refractivity contribution in [1.82, 2.24) is 5.32 Å². The van der Waals surface area contributed by atoms with Gasteiger partial charge >= 0.3 is 0 Å². The maximum Gasteiger partial charge on any atom is 0.223 e. The van der Waals surface area contributed by atoms with E-state index in [1.165, 1.54) is 5.56 Å². The van der Waals surface area contributed by atoms with Gasteiger partial charge in [-0.1, -0.05) is 37.3 Å². The Hall–Kier alpha value is -1.35. The number of amides is 1. The molecule has 104 valence electrons. The summed E-state index contributed by atoms with van der Waals surface area (Å²) in [5, 5.41) is 3.05. The number of carbonyl (C=O) groups excluding carboxylic acids is 1. The molecule has 0 radical (unpaired) electrons. The maximum atomic E-state index is 11.9. The van der Waals surface area contributed by atoms with Crippen LogP contribution in [-0.2, 0) is 4.79 Å². The van der Waals surface area contributed by atoms with Crippen molar-refractivity contribution in [2.45, 2.75) is 44.6 Å². The second kappa shape index (κ2) is 6.71. The highest BCUT2D eigenvalue weighted by Gasteiger charge is 2.27. The molecular formula is C16H24N2O. The standard InChI is InChI=1S/C16H24N2O/c1-12(13-5-3-2-4-6-13)9-10-18-16(19)14-7-8-15(17)11-14/h2-6,12,14-15H,7-11,17H2,1H3,(H,18,19). The summed E-state index contributed by atoms with van der Waals surface area (Å²) in [7, 11) is 0. The van der Waals surface area contributed by atoms with Crippen LogP contribution in [0.4, 0.5) is 0 Å². The Morgan fingerprint density at radius 2 is 2.11 bits per heavy atom. The summed E-state index contributed by atoms with van der Waals surface area (Å²) in [6.07, 6.45) is 3.76. The average Bonchev–Trinajstić information content (AvgIpc) is 2.86. The van der Waals surface area contributed by atoms with Crippen molar-refractivity contribution < 1.29 is 4.79 Å². The van der Waals surface area contributed by atoms with Crippen LogP contribution >= 0.6 is 0 Å². The van der Waals surface area contributed by atoms with Gasteiger partial charge in [0.2, 0.25) is 5.91 Å². The van der Waals surface area contributed by atoms with E-state index in [4.69, 9.17) is 5.73 Å². The van der Waals surface area contributed by atoms with E-state index in [1.807, 2.05) is 6.07 Å². The summed E-state index contributed by atoms with van der Waals surface area (Å²) in [4.78, 5) is 11.9. The van der Waals surface area contributed by atoms with E-state index in [0.717, 1.165) is 32.2 Å². The van der Waals surface area contributed by atoms with Gasteiger partial charge in [-0.25, -0.2) is 0 Å². The fourth-order valence-electron chi connectivity index (χ4n) is 2.76. The highest BCUT2D eigenvalue weighted by Crippen LogP contribution is 2.24. The molecule has 3 N–H and O–H groups in total. The summed E-state index contributed by atoms with van der Waals surface area (Å²) < 4.78 is 0. The van der Waals surface area contributed by atoms with Gasteiger partial charge in [-0.2, -0.15) is 0 Å². The third-order valence-electron chi connectivity index (χ3n) is 4.09. The number of carbonyl (C=O) groups is 1. The third kappa shape index (κ3) is 4.06. The monoisotopic (exact) mass is 260 g/mol. The molecule has 0 heterocycles. The lowest BCUT2D eigenvalue weighted by molar-refractivity contribution is -0.124. The topological polar surface area (TPSA) is 55.1 Å². The zero-order chi connectivity index (χ0) is 13.7. The molecule has 19 heavy (non-hydrogen) atoms. The quantitative estimate of drug-likeness (QED) is 0.854. The van der Waals surface area contributed by atoms with Gasteiger partial charge in [0.15, 0.2) is 0 Å². The van der Waals surface area contributed by atoms with Crippen molar-refractivity contribution in [2.24, 2.45) is 11.7 Å². The molecule has 3 atom stereocenters. The SMILES string of the molecule is CC(CCNC(=O)C1CCC(N)C1)c1ccccc1.